The molecule has 1 heterocycles. The van der Waals surface area contributed by atoms with Crippen LogP contribution in [-0.2, 0) is 16.8 Å². The number of hydrogen-bond donors (Lipinski definition) is 3. The maximum absolute atomic E-state index is 12.1. The number of urea groups is 1. The maximum Gasteiger partial charge on any atom is 0.321 e. The van der Waals surface area contributed by atoms with E-state index in [1.165, 1.54) is 5.56 Å². The highest BCUT2D eigenvalue weighted by Gasteiger charge is 2.19. The van der Waals surface area contributed by atoms with Crippen molar-refractivity contribution in [2.24, 2.45) is 5.92 Å². The lowest BCUT2D eigenvalue weighted by molar-refractivity contribution is -0.119. The molecule has 0 saturated heterocycles. The van der Waals surface area contributed by atoms with Gasteiger partial charge in [0.2, 0.25) is 5.91 Å². The number of carbonyl (C=O) groups excluding carboxylic acids is 2. The van der Waals surface area contributed by atoms with E-state index in [2.05, 4.69) is 74.8 Å². The SMILES string of the molecule is CC(C)C(NCC(=O)NC(=O)NCc1cccs1)c1ccc(C(C)(C)C)cc1. The molecule has 2 rings (SSSR count). The summed E-state index contributed by atoms with van der Waals surface area (Å²) in [5, 5.41) is 10.3. The number of carbonyl (C=O) groups is 2. The Labute approximate surface area is 171 Å². The molecular formula is C22H31N3O2S. The third kappa shape index (κ3) is 6.77. The van der Waals surface area contributed by atoms with E-state index >= 15 is 0 Å². The minimum Gasteiger partial charge on any atom is -0.333 e. The van der Waals surface area contributed by atoms with Gasteiger partial charge >= 0.3 is 6.03 Å². The molecule has 28 heavy (non-hydrogen) atoms. The van der Waals surface area contributed by atoms with Crippen LogP contribution in [0.15, 0.2) is 41.8 Å². The molecular weight excluding hydrogens is 370 g/mol. The van der Waals surface area contributed by atoms with Gasteiger partial charge in [-0.05, 0) is 33.9 Å². The Morgan fingerprint density at radius 1 is 1.07 bits per heavy atom. The van der Waals surface area contributed by atoms with Crippen molar-refractivity contribution in [1.29, 1.82) is 0 Å². The molecule has 0 bridgehead atoms. The van der Waals surface area contributed by atoms with E-state index in [0.29, 0.717) is 12.5 Å². The fourth-order valence-electron chi connectivity index (χ4n) is 2.93. The summed E-state index contributed by atoms with van der Waals surface area (Å²) in [6, 6.07) is 11.9. The van der Waals surface area contributed by atoms with E-state index in [0.717, 1.165) is 10.4 Å². The molecule has 2 aromatic rings. The van der Waals surface area contributed by atoms with Crippen LogP contribution in [0, 0.1) is 5.92 Å². The van der Waals surface area contributed by atoms with Crippen molar-refractivity contribution in [3.05, 3.63) is 57.8 Å². The Bertz CT molecular complexity index is 762. The summed E-state index contributed by atoms with van der Waals surface area (Å²) in [6.45, 7) is 11.3. The van der Waals surface area contributed by atoms with Gasteiger partial charge in [-0.3, -0.25) is 10.1 Å². The molecule has 1 aromatic heterocycles. The van der Waals surface area contributed by atoms with E-state index < -0.39 is 6.03 Å². The first-order valence-corrected chi connectivity index (χ1v) is 10.5. The molecule has 1 atom stereocenters. The monoisotopic (exact) mass is 401 g/mol. The van der Waals surface area contributed by atoms with Crippen molar-refractivity contribution in [1.82, 2.24) is 16.0 Å². The molecule has 0 aliphatic carbocycles. The quantitative estimate of drug-likeness (QED) is 0.646. The summed E-state index contributed by atoms with van der Waals surface area (Å²) < 4.78 is 0. The van der Waals surface area contributed by atoms with Gasteiger partial charge in [-0.15, -0.1) is 11.3 Å². The predicted octanol–water partition coefficient (Wildman–Crippen LogP) is 4.36. The molecule has 3 amide bonds. The minimum atomic E-state index is -0.476. The molecule has 0 aliphatic heterocycles. The van der Waals surface area contributed by atoms with E-state index in [1.54, 1.807) is 11.3 Å². The molecule has 3 N–H and O–H groups in total. The van der Waals surface area contributed by atoms with Crippen LogP contribution in [0.4, 0.5) is 4.79 Å². The average Bonchev–Trinajstić information content (AvgIpc) is 3.13. The summed E-state index contributed by atoms with van der Waals surface area (Å²) in [5.41, 5.74) is 2.52. The second kappa shape index (κ2) is 9.85. The summed E-state index contributed by atoms with van der Waals surface area (Å²) in [4.78, 5) is 25.0. The zero-order chi connectivity index (χ0) is 20.7. The van der Waals surface area contributed by atoms with Crippen LogP contribution in [0.2, 0.25) is 0 Å². The smallest absolute Gasteiger partial charge is 0.321 e. The van der Waals surface area contributed by atoms with E-state index in [1.807, 2.05) is 17.5 Å². The van der Waals surface area contributed by atoms with E-state index in [-0.39, 0.29) is 23.9 Å². The van der Waals surface area contributed by atoms with E-state index in [4.69, 9.17) is 0 Å². The van der Waals surface area contributed by atoms with Gasteiger partial charge in [-0.1, -0.05) is 65.0 Å². The number of rotatable bonds is 7. The zero-order valence-electron chi connectivity index (χ0n) is 17.3. The van der Waals surface area contributed by atoms with E-state index in [9.17, 15) is 9.59 Å². The van der Waals surface area contributed by atoms with Crippen LogP contribution < -0.4 is 16.0 Å². The topological polar surface area (TPSA) is 70.2 Å². The lowest BCUT2D eigenvalue weighted by atomic mass is 9.85. The van der Waals surface area contributed by atoms with Crippen molar-refractivity contribution in [2.75, 3.05) is 6.54 Å². The third-order valence-corrected chi connectivity index (χ3v) is 5.42. The molecule has 0 saturated carbocycles. The van der Waals surface area contributed by atoms with Crippen molar-refractivity contribution in [2.45, 2.75) is 52.6 Å². The van der Waals surface area contributed by atoms with Gasteiger partial charge in [0.15, 0.2) is 0 Å². The standard InChI is InChI=1S/C22H31N3O2S/c1-15(2)20(16-8-10-17(11-9-16)22(3,4)5)23-14-19(26)25-21(27)24-13-18-7-6-12-28-18/h6-12,15,20,23H,13-14H2,1-5H3,(H2,24,25,26,27). The number of thiophene rings is 1. The second-order valence-corrected chi connectivity index (χ2v) is 9.32. The van der Waals surface area contributed by atoms with Gasteiger partial charge in [0.05, 0.1) is 13.1 Å². The normalized spacial score (nSPS) is 12.6. The molecule has 5 nitrogen and oxygen atoms in total. The summed E-state index contributed by atoms with van der Waals surface area (Å²) in [5.74, 6) is -0.0402. The van der Waals surface area contributed by atoms with Gasteiger partial charge < -0.3 is 10.6 Å². The fraction of sp³-hybridized carbons (Fsp3) is 0.455. The number of nitrogens with one attached hydrogen (secondary N) is 3. The maximum atomic E-state index is 12.1. The van der Waals surface area contributed by atoms with Gasteiger partial charge in [-0.25, -0.2) is 4.79 Å². The highest BCUT2D eigenvalue weighted by atomic mass is 32.1. The molecule has 1 unspecified atom stereocenters. The molecule has 1 aromatic carbocycles. The third-order valence-electron chi connectivity index (χ3n) is 4.54. The largest absolute Gasteiger partial charge is 0.333 e. The first-order valence-electron chi connectivity index (χ1n) is 9.60. The van der Waals surface area contributed by atoms with Crippen LogP contribution >= 0.6 is 11.3 Å². The summed E-state index contributed by atoms with van der Waals surface area (Å²) >= 11 is 1.56. The molecule has 6 heteroatoms. The zero-order valence-corrected chi connectivity index (χ0v) is 18.2. The van der Waals surface area contributed by atoms with Crippen LogP contribution in [-0.4, -0.2) is 18.5 Å². The van der Waals surface area contributed by atoms with Crippen molar-refractivity contribution >= 4 is 23.3 Å². The van der Waals surface area contributed by atoms with Crippen molar-refractivity contribution in [3.8, 4) is 0 Å². The lowest BCUT2D eigenvalue weighted by Crippen LogP contribution is -2.44. The first kappa shape index (κ1) is 22.1. The van der Waals surface area contributed by atoms with Crippen molar-refractivity contribution in [3.63, 3.8) is 0 Å². The molecule has 0 spiro atoms. The predicted molar refractivity (Wildman–Crippen MR) is 115 cm³/mol. The lowest BCUT2D eigenvalue weighted by Gasteiger charge is -2.25. The Hall–Kier alpha value is -2.18. The van der Waals surface area contributed by atoms with Crippen LogP contribution in [0.25, 0.3) is 0 Å². The molecule has 0 radical (unpaired) electrons. The molecule has 0 aliphatic rings. The van der Waals surface area contributed by atoms with Crippen molar-refractivity contribution < 1.29 is 9.59 Å². The van der Waals surface area contributed by atoms with Gasteiger partial charge in [0.1, 0.15) is 0 Å². The van der Waals surface area contributed by atoms with Crippen LogP contribution in [0.5, 0.6) is 0 Å². The Morgan fingerprint density at radius 3 is 2.29 bits per heavy atom. The molecule has 152 valence electrons. The van der Waals surface area contributed by atoms with Crippen LogP contribution in [0.1, 0.15) is 56.7 Å². The number of imide groups is 1. The Balaban J connectivity index is 1.86. The molecule has 0 fully saturated rings. The van der Waals surface area contributed by atoms with Crippen LogP contribution in [0.3, 0.4) is 0 Å². The van der Waals surface area contributed by atoms with Gasteiger partial charge in [0, 0.05) is 10.9 Å². The highest BCUT2D eigenvalue weighted by molar-refractivity contribution is 7.09. The number of amides is 3. The number of hydrogen-bond acceptors (Lipinski definition) is 4. The highest BCUT2D eigenvalue weighted by Crippen LogP contribution is 2.26. The summed E-state index contributed by atoms with van der Waals surface area (Å²) in [6.07, 6.45) is 0. The fourth-order valence-corrected chi connectivity index (χ4v) is 3.57. The first-order chi connectivity index (χ1) is 13.2. The second-order valence-electron chi connectivity index (χ2n) is 8.28. The summed E-state index contributed by atoms with van der Waals surface area (Å²) in [7, 11) is 0. The van der Waals surface area contributed by atoms with Gasteiger partial charge in [0.25, 0.3) is 0 Å². The average molecular weight is 402 g/mol. The number of benzene rings is 1. The Morgan fingerprint density at radius 2 is 1.75 bits per heavy atom. The Kier molecular flexibility index (Phi) is 7.78. The van der Waals surface area contributed by atoms with Gasteiger partial charge in [-0.2, -0.15) is 0 Å². The minimum absolute atomic E-state index is 0.0361.